The minimum Gasteiger partial charge on any atom is -0.494 e. The maximum absolute atomic E-state index is 12.0. The number of benzene rings is 2. The first-order chi connectivity index (χ1) is 11.1. The largest absolute Gasteiger partial charge is 0.494 e. The van der Waals surface area contributed by atoms with Gasteiger partial charge in [0.2, 0.25) is 0 Å². The lowest BCUT2D eigenvalue weighted by Gasteiger charge is -2.10. The van der Waals surface area contributed by atoms with Gasteiger partial charge in [0.15, 0.2) is 0 Å². The summed E-state index contributed by atoms with van der Waals surface area (Å²) in [6.45, 7) is 4.42. The number of urea groups is 1. The molecule has 0 saturated heterocycles. The number of ether oxygens (including phenoxy) is 1. The van der Waals surface area contributed by atoms with Crippen molar-refractivity contribution in [2.45, 2.75) is 26.4 Å². The van der Waals surface area contributed by atoms with Crippen LogP contribution in [0, 0.1) is 0 Å². The van der Waals surface area contributed by atoms with Crippen LogP contribution in [0.3, 0.4) is 0 Å². The molecule has 0 aliphatic carbocycles. The lowest BCUT2D eigenvalue weighted by molar-refractivity contribution is 0.199. The van der Waals surface area contributed by atoms with Gasteiger partial charge in [-0.2, -0.15) is 0 Å². The van der Waals surface area contributed by atoms with Crippen molar-refractivity contribution < 1.29 is 14.6 Å². The van der Waals surface area contributed by atoms with Gasteiger partial charge in [-0.05, 0) is 55.3 Å². The van der Waals surface area contributed by atoms with Gasteiger partial charge in [-0.1, -0.05) is 19.1 Å². The van der Waals surface area contributed by atoms with Crippen LogP contribution in [0.25, 0.3) is 0 Å². The highest BCUT2D eigenvalue weighted by atomic mass is 16.5. The summed E-state index contributed by atoms with van der Waals surface area (Å²) >= 11 is 0. The summed E-state index contributed by atoms with van der Waals surface area (Å²) in [5, 5.41) is 15.0. The molecule has 0 fully saturated rings. The zero-order valence-corrected chi connectivity index (χ0v) is 13.4. The molecular formula is C18H22N2O3. The lowest BCUT2D eigenvalue weighted by Crippen LogP contribution is -2.19. The van der Waals surface area contributed by atoms with E-state index < -0.39 is 6.10 Å². The lowest BCUT2D eigenvalue weighted by atomic mass is 10.1. The summed E-state index contributed by atoms with van der Waals surface area (Å²) in [6.07, 6.45) is 0.433. The Labute approximate surface area is 136 Å². The third kappa shape index (κ3) is 5.30. The van der Waals surface area contributed by atoms with Crippen LogP contribution in [0.5, 0.6) is 5.75 Å². The second kappa shape index (κ2) is 8.19. The molecule has 3 N–H and O–H groups in total. The fourth-order valence-corrected chi connectivity index (χ4v) is 1.99. The Morgan fingerprint density at radius 1 is 1.04 bits per heavy atom. The molecule has 122 valence electrons. The summed E-state index contributed by atoms with van der Waals surface area (Å²) in [7, 11) is 0. The molecular weight excluding hydrogens is 292 g/mol. The molecule has 0 aliphatic heterocycles. The predicted molar refractivity (Wildman–Crippen MR) is 91.9 cm³/mol. The van der Waals surface area contributed by atoms with E-state index in [9.17, 15) is 9.90 Å². The third-order valence-electron chi connectivity index (χ3n) is 3.24. The molecule has 1 unspecified atom stereocenters. The first kappa shape index (κ1) is 16.8. The van der Waals surface area contributed by atoms with Crippen molar-refractivity contribution in [3.63, 3.8) is 0 Å². The van der Waals surface area contributed by atoms with Gasteiger partial charge < -0.3 is 20.5 Å². The molecule has 0 spiro atoms. The second-order valence-corrected chi connectivity index (χ2v) is 5.25. The van der Waals surface area contributed by atoms with Crippen LogP contribution in [0.1, 0.15) is 31.9 Å². The fourth-order valence-electron chi connectivity index (χ4n) is 1.99. The monoisotopic (exact) mass is 314 g/mol. The Balaban J connectivity index is 1.88. The number of hydrogen-bond acceptors (Lipinski definition) is 3. The number of anilines is 2. The molecule has 2 aromatic carbocycles. The van der Waals surface area contributed by atoms with Crippen molar-refractivity contribution in [3.8, 4) is 5.75 Å². The number of nitrogens with one attached hydrogen (secondary N) is 2. The smallest absolute Gasteiger partial charge is 0.323 e. The van der Waals surface area contributed by atoms with Crippen molar-refractivity contribution in [2.24, 2.45) is 0 Å². The number of carbonyl (C=O) groups is 1. The van der Waals surface area contributed by atoms with Crippen LogP contribution in [0.2, 0.25) is 0 Å². The summed E-state index contributed by atoms with van der Waals surface area (Å²) in [6, 6.07) is 14.0. The van der Waals surface area contributed by atoms with Gasteiger partial charge in [0, 0.05) is 11.4 Å². The number of aliphatic hydroxyl groups is 1. The van der Waals surface area contributed by atoms with E-state index in [0.717, 1.165) is 17.7 Å². The van der Waals surface area contributed by atoms with Crippen LogP contribution < -0.4 is 15.4 Å². The molecule has 5 heteroatoms. The summed E-state index contributed by atoms with van der Waals surface area (Å²) in [5.74, 6) is 0.784. The Kier molecular flexibility index (Phi) is 6.00. The van der Waals surface area contributed by atoms with Crippen molar-refractivity contribution in [1.82, 2.24) is 0 Å². The maximum atomic E-state index is 12.0. The van der Waals surface area contributed by atoms with E-state index in [2.05, 4.69) is 10.6 Å². The SMILES string of the molecule is CCCOc1ccc(NC(=O)Nc2ccc(C(C)O)cc2)cc1. The second-order valence-electron chi connectivity index (χ2n) is 5.25. The first-order valence-electron chi connectivity index (χ1n) is 7.67. The highest BCUT2D eigenvalue weighted by Crippen LogP contribution is 2.18. The third-order valence-corrected chi connectivity index (χ3v) is 3.24. The van der Waals surface area contributed by atoms with Gasteiger partial charge >= 0.3 is 6.03 Å². The molecule has 0 aromatic heterocycles. The van der Waals surface area contributed by atoms with Crippen molar-refractivity contribution in [3.05, 3.63) is 54.1 Å². The van der Waals surface area contributed by atoms with Gasteiger partial charge in [0.05, 0.1) is 12.7 Å². The van der Waals surface area contributed by atoms with Gasteiger partial charge in [0.25, 0.3) is 0 Å². The molecule has 0 heterocycles. The highest BCUT2D eigenvalue weighted by Gasteiger charge is 2.04. The van der Waals surface area contributed by atoms with Gasteiger partial charge in [-0.3, -0.25) is 0 Å². The Morgan fingerprint density at radius 2 is 1.57 bits per heavy atom. The first-order valence-corrected chi connectivity index (χ1v) is 7.67. The van der Waals surface area contributed by atoms with E-state index in [-0.39, 0.29) is 6.03 Å². The Bertz CT molecular complexity index is 622. The molecule has 0 aliphatic rings. The molecule has 2 aromatic rings. The Hall–Kier alpha value is -2.53. The van der Waals surface area contributed by atoms with Crippen LogP contribution in [-0.2, 0) is 0 Å². The van der Waals surface area contributed by atoms with Crippen molar-refractivity contribution in [2.75, 3.05) is 17.2 Å². The van der Waals surface area contributed by atoms with Gasteiger partial charge in [-0.25, -0.2) is 4.79 Å². The average molecular weight is 314 g/mol. The van der Waals surface area contributed by atoms with E-state index in [4.69, 9.17) is 4.74 Å². The standard InChI is InChI=1S/C18H22N2O3/c1-3-12-23-17-10-8-16(9-11-17)20-18(22)19-15-6-4-14(5-7-15)13(2)21/h4-11,13,21H,3,12H2,1-2H3,(H2,19,20,22). The minimum atomic E-state index is -0.522. The quantitative estimate of drug-likeness (QED) is 0.749. The number of hydrogen-bond donors (Lipinski definition) is 3. The summed E-state index contributed by atoms with van der Waals surface area (Å²) in [4.78, 5) is 12.0. The topological polar surface area (TPSA) is 70.6 Å². The highest BCUT2D eigenvalue weighted by molar-refractivity contribution is 5.99. The molecule has 2 rings (SSSR count). The van der Waals surface area contributed by atoms with E-state index >= 15 is 0 Å². The number of aliphatic hydroxyl groups excluding tert-OH is 1. The minimum absolute atomic E-state index is 0.322. The van der Waals surface area contributed by atoms with E-state index in [0.29, 0.717) is 18.0 Å². The van der Waals surface area contributed by atoms with Crippen LogP contribution in [0.15, 0.2) is 48.5 Å². The molecule has 1 atom stereocenters. The number of amides is 2. The van der Waals surface area contributed by atoms with Crippen molar-refractivity contribution >= 4 is 17.4 Å². The molecule has 5 nitrogen and oxygen atoms in total. The van der Waals surface area contributed by atoms with E-state index in [1.807, 2.05) is 19.1 Å². The molecule has 0 bridgehead atoms. The molecule has 0 radical (unpaired) electrons. The average Bonchev–Trinajstić information content (AvgIpc) is 2.54. The number of carbonyl (C=O) groups excluding carboxylic acids is 1. The predicted octanol–water partition coefficient (Wildman–Crippen LogP) is 4.17. The van der Waals surface area contributed by atoms with Gasteiger partial charge in [-0.15, -0.1) is 0 Å². The maximum Gasteiger partial charge on any atom is 0.323 e. The van der Waals surface area contributed by atoms with Gasteiger partial charge in [0.1, 0.15) is 5.75 Å². The van der Waals surface area contributed by atoms with Crippen molar-refractivity contribution in [1.29, 1.82) is 0 Å². The zero-order chi connectivity index (χ0) is 16.7. The number of rotatable bonds is 6. The van der Waals surface area contributed by atoms with E-state index in [1.165, 1.54) is 0 Å². The zero-order valence-electron chi connectivity index (χ0n) is 13.4. The summed E-state index contributed by atoms with van der Waals surface area (Å²) in [5.41, 5.74) is 2.15. The van der Waals surface area contributed by atoms with Crippen LogP contribution in [0.4, 0.5) is 16.2 Å². The van der Waals surface area contributed by atoms with Crippen LogP contribution >= 0.6 is 0 Å². The molecule has 0 saturated carbocycles. The van der Waals surface area contributed by atoms with Crippen LogP contribution in [-0.4, -0.2) is 17.7 Å². The van der Waals surface area contributed by atoms with E-state index in [1.54, 1.807) is 43.3 Å². The fraction of sp³-hybridized carbons (Fsp3) is 0.278. The Morgan fingerprint density at radius 3 is 2.04 bits per heavy atom. The molecule has 23 heavy (non-hydrogen) atoms. The normalized spacial score (nSPS) is 11.6. The summed E-state index contributed by atoms with van der Waals surface area (Å²) < 4.78 is 5.49. The molecule has 2 amide bonds.